The summed E-state index contributed by atoms with van der Waals surface area (Å²) >= 11 is 0. The summed E-state index contributed by atoms with van der Waals surface area (Å²) in [5, 5.41) is 0. The van der Waals surface area contributed by atoms with Gasteiger partial charge in [-0.25, -0.2) is 4.79 Å². The molecule has 78 valence electrons. The molecule has 4 nitrogen and oxygen atoms in total. The van der Waals surface area contributed by atoms with E-state index in [0.717, 1.165) is 6.42 Å². The predicted molar refractivity (Wildman–Crippen MR) is 51.6 cm³/mol. The van der Waals surface area contributed by atoms with Crippen molar-refractivity contribution < 1.29 is 9.59 Å². The predicted octanol–water partition coefficient (Wildman–Crippen LogP) is 0.925. The zero-order valence-corrected chi connectivity index (χ0v) is 9.07. The molecular formula is C10H16N2O2. The molecule has 4 heteroatoms. The van der Waals surface area contributed by atoms with Crippen LogP contribution >= 0.6 is 0 Å². The van der Waals surface area contributed by atoms with Crippen molar-refractivity contribution in [3.8, 4) is 0 Å². The van der Waals surface area contributed by atoms with E-state index in [1.54, 1.807) is 19.0 Å². The van der Waals surface area contributed by atoms with Crippen LogP contribution in [0.25, 0.3) is 0 Å². The summed E-state index contributed by atoms with van der Waals surface area (Å²) < 4.78 is 0. The quantitative estimate of drug-likeness (QED) is 0.578. The van der Waals surface area contributed by atoms with Gasteiger partial charge in [-0.2, -0.15) is 0 Å². The number of nitrogens with zero attached hydrogens (tertiary/aromatic N) is 2. The monoisotopic (exact) mass is 196 g/mol. The third-order valence-corrected chi connectivity index (χ3v) is 3.64. The Bertz CT molecular complexity index is 311. The summed E-state index contributed by atoms with van der Waals surface area (Å²) in [5.41, 5.74) is 0.0466. The largest absolute Gasteiger partial charge is 0.326 e. The van der Waals surface area contributed by atoms with Crippen LogP contribution in [-0.2, 0) is 4.79 Å². The second kappa shape index (κ2) is 2.49. The highest BCUT2D eigenvalue weighted by Gasteiger charge is 2.58. The minimum absolute atomic E-state index is 0.00444. The minimum Gasteiger partial charge on any atom is -0.324 e. The van der Waals surface area contributed by atoms with Gasteiger partial charge in [0.05, 0.1) is 5.92 Å². The molecule has 2 unspecified atom stereocenters. The van der Waals surface area contributed by atoms with Crippen molar-refractivity contribution in [1.29, 1.82) is 0 Å². The van der Waals surface area contributed by atoms with Gasteiger partial charge in [-0.15, -0.1) is 0 Å². The van der Waals surface area contributed by atoms with Crippen LogP contribution in [0.15, 0.2) is 0 Å². The Kier molecular flexibility index (Phi) is 1.69. The fourth-order valence-electron chi connectivity index (χ4n) is 2.68. The number of fused-ring (bicyclic) bond motifs is 1. The first kappa shape index (κ1) is 9.49. The zero-order valence-electron chi connectivity index (χ0n) is 9.07. The van der Waals surface area contributed by atoms with E-state index in [4.69, 9.17) is 0 Å². The van der Waals surface area contributed by atoms with Crippen molar-refractivity contribution in [1.82, 2.24) is 9.80 Å². The van der Waals surface area contributed by atoms with Crippen LogP contribution < -0.4 is 0 Å². The number of urea groups is 1. The lowest BCUT2D eigenvalue weighted by molar-refractivity contribution is -0.155. The number of rotatable bonds is 0. The Balaban J connectivity index is 2.30. The van der Waals surface area contributed by atoms with Gasteiger partial charge in [-0.05, 0) is 11.8 Å². The fourth-order valence-corrected chi connectivity index (χ4v) is 2.68. The second-order valence-corrected chi connectivity index (χ2v) is 5.03. The molecule has 2 rings (SSSR count). The molecule has 1 aliphatic carbocycles. The van der Waals surface area contributed by atoms with Gasteiger partial charge in [0.15, 0.2) is 0 Å². The molecule has 3 amide bonds. The number of imide groups is 1. The van der Waals surface area contributed by atoms with Crippen LogP contribution in [0.4, 0.5) is 4.79 Å². The SMILES string of the molecule is CN1C(=O)C2C(CC2(C)C)N(C)C1=O. The third kappa shape index (κ3) is 0.938. The molecule has 1 heterocycles. The summed E-state index contributed by atoms with van der Waals surface area (Å²) in [4.78, 5) is 26.3. The molecule has 14 heavy (non-hydrogen) atoms. The van der Waals surface area contributed by atoms with Crippen molar-refractivity contribution in [3.63, 3.8) is 0 Å². The minimum atomic E-state index is -0.174. The molecule has 0 radical (unpaired) electrons. The molecule has 0 aromatic heterocycles. The third-order valence-electron chi connectivity index (χ3n) is 3.64. The second-order valence-electron chi connectivity index (χ2n) is 5.03. The topological polar surface area (TPSA) is 40.6 Å². The maximum atomic E-state index is 11.8. The number of hydrogen-bond donors (Lipinski definition) is 0. The summed E-state index contributed by atoms with van der Waals surface area (Å²) in [6.07, 6.45) is 0.930. The molecule has 1 saturated carbocycles. The highest BCUT2D eigenvalue weighted by molar-refractivity contribution is 5.99. The van der Waals surface area contributed by atoms with E-state index in [2.05, 4.69) is 13.8 Å². The first-order chi connectivity index (χ1) is 6.36. The van der Waals surface area contributed by atoms with Crippen molar-refractivity contribution in [3.05, 3.63) is 0 Å². The van der Waals surface area contributed by atoms with Crippen LogP contribution in [0.1, 0.15) is 20.3 Å². The van der Waals surface area contributed by atoms with Crippen LogP contribution in [0.5, 0.6) is 0 Å². The molecule has 2 aliphatic rings. The number of carbonyl (C=O) groups excluding carboxylic acids is 2. The van der Waals surface area contributed by atoms with Crippen molar-refractivity contribution in [2.45, 2.75) is 26.3 Å². The van der Waals surface area contributed by atoms with Gasteiger partial charge < -0.3 is 4.90 Å². The summed E-state index contributed by atoms with van der Waals surface area (Å²) in [6, 6.07) is -0.0482. The molecule has 0 bridgehead atoms. The van der Waals surface area contributed by atoms with E-state index in [1.165, 1.54) is 4.90 Å². The summed E-state index contributed by atoms with van der Waals surface area (Å²) in [6.45, 7) is 4.17. The average molecular weight is 196 g/mol. The Morgan fingerprint density at radius 2 is 1.86 bits per heavy atom. The van der Waals surface area contributed by atoms with E-state index < -0.39 is 0 Å². The standard InChI is InChI=1S/C10H16N2O2/c1-10(2)5-6-7(10)8(13)12(4)9(14)11(6)3/h6-7H,5H2,1-4H3. The first-order valence-electron chi connectivity index (χ1n) is 4.90. The van der Waals surface area contributed by atoms with E-state index in [1.807, 2.05) is 0 Å². The van der Waals surface area contributed by atoms with E-state index >= 15 is 0 Å². The molecule has 1 saturated heterocycles. The Morgan fingerprint density at radius 1 is 1.29 bits per heavy atom. The van der Waals surface area contributed by atoms with Crippen molar-refractivity contribution >= 4 is 11.9 Å². The molecule has 2 fully saturated rings. The van der Waals surface area contributed by atoms with Gasteiger partial charge in [0.1, 0.15) is 0 Å². The van der Waals surface area contributed by atoms with Gasteiger partial charge in [0.2, 0.25) is 5.91 Å². The highest BCUT2D eigenvalue weighted by Crippen LogP contribution is 2.50. The van der Waals surface area contributed by atoms with Crippen LogP contribution in [-0.4, -0.2) is 41.9 Å². The fraction of sp³-hybridized carbons (Fsp3) is 0.800. The molecule has 1 aliphatic heterocycles. The molecular weight excluding hydrogens is 180 g/mol. The van der Waals surface area contributed by atoms with Crippen LogP contribution in [0.3, 0.4) is 0 Å². The van der Waals surface area contributed by atoms with Crippen LogP contribution in [0, 0.1) is 11.3 Å². The van der Waals surface area contributed by atoms with Crippen LogP contribution in [0.2, 0.25) is 0 Å². The molecule has 0 aromatic carbocycles. The lowest BCUT2D eigenvalue weighted by atomic mass is 9.57. The maximum Gasteiger partial charge on any atom is 0.326 e. The molecule has 0 spiro atoms. The van der Waals surface area contributed by atoms with Gasteiger partial charge in [-0.1, -0.05) is 13.8 Å². The molecule has 2 atom stereocenters. The van der Waals surface area contributed by atoms with Crippen molar-refractivity contribution in [2.75, 3.05) is 14.1 Å². The average Bonchev–Trinajstić information content (AvgIpc) is 2.09. The number of amides is 3. The lowest BCUT2D eigenvalue weighted by Gasteiger charge is -2.57. The Morgan fingerprint density at radius 3 is 2.36 bits per heavy atom. The lowest BCUT2D eigenvalue weighted by Crippen LogP contribution is -2.69. The first-order valence-corrected chi connectivity index (χ1v) is 4.90. The van der Waals surface area contributed by atoms with Gasteiger partial charge in [-0.3, -0.25) is 9.69 Å². The maximum absolute atomic E-state index is 11.8. The van der Waals surface area contributed by atoms with Gasteiger partial charge >= 0.3 is 6.03 Å². The normalized spacial score (nSPS) is 35.4. The number of hydrogen-bond acceptors (Lipinski definition) is 2. The highest BCUT2D eigenvalue weighted by atomic mass is 16.2. The Hall–Kier alpha value is -1.06. The molecule has 0 aromatic rings. The smallest absolute Gasteiger partial charge is 0.324 e. The summed E-state index contributed by atoms with van der Waals surface area (Å²) in [7, 11) is 3.34. The van der Waals surface area contributed by atoms with E-state index in [-0.39, 0.29) is 29.3 Å². The van der Waals surface area contributed by atoms with Gasteiger partial charge in [0, 0.05) is 20.1 Å². The number of carbonyl (C=O) groups is 2. The van der Waals surface area contributed by atoms with E-state index in [0.29, 0.717) is 0 Å². The van der Waals surface area contributed by atoms with Crippen molar-refractivity contribution in [2.24, 2.45) is 11.3 Å². The van der Waals surface area contributed by atoms with Gasteiger partial charge in [0.25, 0.3) is 0 Å². The Labute approximate surface area is 83.9 Å². The molecule has 0 N–H and O–H groups in total. The zero-order chi connectivity index (χ0) is 10.7. The summed E-state index contributed by atoms with van der Waals surface area (Å²) in [5.74, 6) is -0.0236. The van der Waals surface area contributed by atoms with E-state index in [9.17, 15) is 9.59 Å².